The standard InChI is InChI=1S/2C14H16NP.C3H5.BF4.Ru/c2*15-11-12-16(13-7-3-1-4-8-13)14-9-5-2-6-10-14;1-3-2;2-1(3,4)5;/h2*1-10H,11-12,15H2;3H,1-2H2;;/q;;;-1;+1. The summed E-state index contributed by atoms with van der Waals surface area (Å²) in [5, 5.41) is 5.64. The molecule has 4 rings (SSSR count). The number of hydrogen-bond donors (Lipinski definition) is 2. The molecular weight excluding hydrogens is 650 g/mol. The van der Waals surface area contributed by atoms with Gasteiger partial charge in [-0.05, 0) is 82.7 Å². The van der Waals surface area contributed by atoms with Crippen LogP contribution >= 0.6 is 15.8 Å². The summed E-state index contributed by atoms with van der Waals surface area (Å²) >= 11 is 0. The topological polar surface area (TPSA) is 52.0 Å². The second-order valence-electron chi connectivity index (χ2n) is 8.01. The minimum Gasteiger partial charge on any atom is -0.418 e. The first kappa shape index (κ1) is 39.1. The molecule has 0 aliphatic carbocycles. The summed E-state index contributed by atoms with van der Waals surface area (Å²) in [4.78, 5) is 0. The van der Waals surface area contributed by atoms with E-state index in [-0.39, 0.29) is 35.3 Å². The van der Waals surface area contributed by atoms with E-state index in [4.69, 9.17) is 11.5 Å². The van der Waals surface area contributed by atoms with Gasteiger partial charge in [-0.15, -0.1) is 0 Å². The van der Waals surface area contributed by atoms with Gasteiger partial charge in [-0.25, -0.2) is 0 Å². The Labute approximate surface area is 258 Å². The largest absolute Gasteiger partial charge is 1.00 e. The maximum absolute atomic E-state index is 9.75. The monoisotopic (exact) mass is 688 g/mol. The summed E-state index contributed by atoms with van der Waals surface area (Å²) in [6, 6.07) is 42.7. The van der Waals surface area contributed by atoms with Crippen LogP contribution in [0.15, 0.2) is 121 Å². The Balaban J connectivity index is 0.000000609. The van der Waals surface area contributed by atoms with Gasteiger partial charge < -0.3 is 28.7 Å². The number of halogens is 4. The number of rotatable bonds is 8. The SMILES string of the molecule is F[B-](F)(F)F.NCCP(c1ccccc1)c1ccccc1.NCCP(c1ccccc1)c1ccccc1.[CH2][CH][CH2].[Ru+]. The molecule has 4 N–H and O–H groups in total. The van der Waals surface area contributed by atoms with Gasteiger partial charge in [0.05, 0.1) is 0 Å². The zero-order valence-electron chi connectivity index (χ0n) is 22.9. The van der Waals surface area contributed by atoms with E-state index in [0.717, 1.165) is 25.4 Å². The third kappa shape index (κ3) is 18.3. The van der Waals surface area contributed by atoms with Crippen molar-refractivity contribution in [3.8, 4) is 0 Å². The normalized spacial score (nSPS) is 10.2. The molecule has 4 radical (unpaired) electrons. The molecule has 4 aromatic carbocycles. The molecule has 0 heterocycles. The van der Waals surface area contributed by atoms with Crippen LogP contribution in [0.2, 0.25) is 0 Å². The average Bonchev–Trinajstić information content (AvgIpc) is 2.96. The smallest absolute Gasteiger partial charge is 0.418 e. The summed E-state index contributed by atoms with van der Waals surface area (Å²) in [5.74, 6) is 0. The summed E-state index contributed by atoms with van der Waals surface area (Å²) in [5.41, 5.74) is 11.4. The maximum Gasteiger partial charge on any atom is 1.00 e. The molecule has 41 heavy (non-hydrogen) atoms. The number of benzene rings is 4. The van der Waals surface area contributed by atoms with Crippen molar-refractivity contribution in [3.05, 3.63) is 142 Å². The predicted molar refractivity (Wildman–Crippen MR) is 171 cm³/mol. The fourth-order valence-electron chi connectivity index (χ4n) is 3.50. The molecular formula is C31H37BF4N2P2Ru. The molecule has 0 fully saturated rings. The van der Waals surface area contributed by atoms with Gasteiger partial charge in [0.15, 0.2) is 0 Å². The Kier molecular flexibility index (Phi) is 22.5. The quantitative estimate of drug-likeness (QED) is 0.130. The first-order chi connectivity index (χ1) is 19.2. The van der Waals surface area contributed by atoms with Crippen LogP contribution in [0, 0.1) is 20.3 Å². The van der Waals surface area contributed by atoms with Crippen LogP contribution in [0.1, 0.15) is 0 Å². The van der Waals surface area contributed by atoms with Crippen molar-refractivity contribution in [3.63, 3.8) is 0 Å². The van der Waals surface area contributed by atoms with Crippen molar-refractivity contribution in [2.75, 3.05) is 25.4 Å². The van der Waals surface area contributed by atoms with Crippen molar-refractivity contribution < 1.29 is 36.7 Å². The van der Waals surface area contributed by atoms with Crippen LogP contribution in [-0.4, -0.2) is 32.7 Å². The van der Waals surface area contributed by atoms with Crippen LogP contribution in [0.25, 0.3) is 0 Å². The molecule has 220 valence electrons. The summed E-state index contributed by atoms with van der Waals surface area (Å²) in [6.07, 6.45) is 3.62. The van der Waals surface area contributed by atoms with Crippen molar-refractivity contribution in [1.82, 2.24) is 0 Å². The molecule has 0 amide bonds. The zero-order chi connectivity index (χ0) is 29.6. The first-order valence-electron chi connectivity index (χ1n) is 12.7. The fourth-order valence-corrected chi connectivity index (χ4v) is 7.78. The van der Waals surface area contributed by atoms with E-state index in [1.54, 1.807) is 0 Å². The van der Waals surface area contributed by atoms with Gasteiger partial charge in [-0.3, -0.25) is 0 Å². The molecule has 0 saturated carbocycles. The van der Waals surface area contributed by atoms with Gasteiger partial charge in [0.25, 0.3) is 0 Å². The van der Waals surface area contributed by atoms with Crippen LogP contribution in [-0.2, 0) is 19.5 Å². The Morgan fingerprint density at radius 1 is 0.512 bits per heavy atom. The van der Waals surface area contributed by atoms with Gasteiger partial charge in [-0.1, -0.05) is 121 Å². The summed E-state index contributed by atoms with van der Waals surface area (Å²) in [6.45, 7) is 7.99. The van der Waals surface area contributed by atoms with Gasteiger partial charge in [0, 0.05) is 0 Å². The second kappa shape index (κ2) is 23.6. The molecule has 0 aromatic heterocycles. The van der Waals surface area contributed by atoms with Gasteiger partial charge in [0.2, 0.25) is 0 Å². The minimum atomic E-state index is -6.00. The number of nitrogens with two attached hydrogens (primary N) is 2. The maximum atomic E-state index is 9.75. The van der Waals surface area contributed by atoms with E-state index in [9.17, 15) is 17.3 Å². The van der Waals surface area contributed by atoms with E-state index in [1.165, 1.54) is 27.6 Å². The Hall–Kier alpha value is -1.93. The van der Waals surface area contributed by atoms with E-state index < -0.39 is 7.25 Å². The molecule has 10 heteroatoms. The fraction of sp³-hybridized carbons (Fsp3) is 0.129. The predicted octanol–water partition coefficient (Wildman–Crippen LogP) is 6.31. The molecule has 0 spiro atoms. The zero-order valence-corrected chi connectivity index (χ0v) is 26.4. The van der Waals surface area contributed by atoms with Crippen LogP contribution in [0.3, 0.4) is 0 Å². The number of hydrogen-bond acceptors (Lipinski definition) is 2. The van der Waals surface area contributed by atoms with Crippen molar-refractivity contribution in [2.24, 2.45) is 11.5 Å². The Bertz CT molecular complexity index is 960. The second-order valence-corrected chi connectivity index (χ2v) is 12.7. The van der Waals surface area contributed by atoms with E-state index in [0.29, 0.717) is 0 Å². The van der Waals surface area contributed by atoms with Crippen LogP contribution in [0.4, 0.5) is 17.3 Å². The molecule has 4 aromatic rings. The van der Waals surface area contributed by atoms with E-state index in [2.05, 4.69) is 135 Å². The van der Waals surface area contributed by atoms with E-state index in [1.807, 2.05) is 0 Å². The minimum absolute atomic E-state index is 0. The van der Waals surface area contributed by atoms with Gasteiger partial charge in [0.1, 0.15) is 0 Å². The molecule has 0 unspecified atom stereocenters. The molecule has 0 aliphatic heterocycles. The van der Waals surface area contributed by atoms with Crippen molar-refractivity contribution in [2.45, 2.75) is 0 Å². The summed E-state index contributed by atoms with van der Waals surface area (Å²) < 4.78 is 39.0. The van der Waals surface area contributed by atoms with Crippen molar-refractivity contribution in [1.29, 1.82) is 0 Å². The Morgan fingerprint density at radius 2 is 0.683 bits per heavy atom. The first-order valence-corrected chi connectivity index (χ1v) is 15.7. The van der Waals surface area contributed by atoms with Crippen LogP contribution < -0.4 is 32.7 Å². The molecule has 0 aliphatic rings. The summed E-state index contributed by atoms with van der Waals surface area (Å²) in [7, 11) is -6.55. The van der Waals surface area contributed by atoms with Crippen molar-refractivity contribution >= 4 is 44.3 Å². The molecule has 0 atom stereocenters. The molecule has 0 saturated heterocycles. The molecule has 2 nitrogen and oxygen atoms in total. The van der Waals surface area contributed by atoms with E-state index >= 15 is 0 Å². The van der Waals surface area contributed by atoms with Gasteiger partial charge in [-0.2, -0.15) is 0 Å². The Morgan fingerprint density at radius 3 is 0.829 bits per heavy atom. The molecule has 0 bridgehead atoms. The average molecular weight is 687 g/mol. The third-order valence-corrected chi connectivity index (χ3v) is 10.1. The van der Waals surface area contributed by atoms with Crippen LogP contribution in [0.5, 0.6) is 0 Å². The third-order valence-electron chi connectivity index (χ3n) is 4.98. The van der Waals surface area contributed by atoms with Gasteiger partial charge >= 0.3 is 26.7 Å².